The van der Waals surface area contributed by atoms with E-state index in [4.69, 9.17) is 10.5 Å². The van der Waals surface area contributed by atoms with Gasteiger partial charge in [0.15, 0.2) is 0 Å². The number of likely N-dealkylation sites (N-methyl/N-ethyl adjacent to an activating group) is 2. The molecule has 0 bridgehead atoms. The van der Waals surface area contributed by atoms with Crippen molar-refractivity contribution in [3.63, 3.8) is 0 Å². The molecular formula is C15H25N3O. The predicted octanol–water partition coefficient (Wildman–Crippen LogP) is 0.908. The second kappa shape index (κ2) is 7.01. The molecule has 19 heavy (non-hydrogen) atoms. The van der Waals surface area contributed by atoms with Crippen molar-refractivity contribution in [2.75, 3.05) is 40.3 Å². The second-order valence-corrected chi connectivity index (χ2v) is 5.42. The van der Waals surface area contributed by atoms with E-state index in [1.54, 1.807) is 0 Å². The molecule has 0 amide bonds. The molecule has 1 atom stereocenters. The number of hydrogen-bond donors (Lipinski definition) is 1. The molecule has 1 aliphatic rings. The minimum atomic E-state index is 0.314. The lowest BCUT2D eigenvalue weighted by Crippen LogP contribution is -2.45. The molecular weight excluding hydrogens is 238 g/mol. The van der Waals surface area contributed by atoms with E-state index in [-0.39, 0.29) is 0 Å². The topological polar surface area (TPSA) is 41.7 Å². The summed E-state index contributed by atoms with van der Waals surface area (Å²) < 4.78 is 5.81. The highest BCUT2D eigenvalue weighted by Gasteiger charge is 2.19. The first-order valence-electron chi connectivity index (χ1n) is 6.94. The first-order chi connectivity index (χ1) is 9.19. The number of hydrogen-bond acceptors (Lipinski definition) is 4. The molecule has 2 N–H and O–H groups in total. The molecule has 1 aliphatic heterocycles. The van der Waals surface area contributed by atoms with Gasteiger partial charge in [0.05, 0.1) is 12.7 Å². The van der Waals surface area contributed by atoms with Gasteiger partial charge >= 0.3 is 0 Å². The van der Waals surface area contributed by atoms with Crippen LogP contribution in [0.5, 0.6) is 0 Å². The summed E-state index contributed by atoms with van der Waals surface area (Å²) in [6.07, 6.45) is 0.314. The highest BCUT2D eigenvalue weighted by atomic mass is 16.5. The fourth-order valence-corrected chi connectivity index (χ4v) is 2.59. The van der Waals surface area contributed by atoms with Gasteiger partial charge in [-0.25, -0.2) is 0 Å². The largest absolute Gasteiger partial charge is 0.374 e. The molecule has 1 heterocycles. The van der Waals surface area contributed by atoms with Gasteiger partial charge in [-0.05, 0) is 25.2 Å². The maximum absolute atomic E-state index is 5.81. The van der Waals surface area contributed by atoms with Gasteiger partial charge in [0.2, 0.25) is 0 Å². The maximum Gasteiger partial charge on any atom is 0.0829 e. The number of ether oxygens (including phenoxy) is 1. The fourth-order valence-electron chi connectivity index (χ4n) is 2.59. The summed E-state index contributed by atoms with van der Waals surface area (Å²) in [5, 5.41) is 0. The summed E-state index contributed by atoms with van der Waals surface area (Å²) in [4.78, 5) is 4.65. The molecule has 1 saturated heterocycles. The Kier molecular flexibility index (Phi) is 5.34. The first kappa shape index (κ1) is 14.5. The molecule has 0 aromatic heterocycles. The van der Waals surface area contributed by atoms with E-state index in [1.807, 2.05) is 6.07 Å². The summed E-state index contributed by atoms with van der Waals surface area (Å²) in [7, 11) is 4.30. The van der Waals surface area contributed by atoms with Crippen LogP contribution in [0.15, 0.2) is 24.3 Å². The molecule has 0 radical (unpaired) electrons. The average Bonchev–Trinajstić information content (AvgIpc) is 2.39. The Bertz CT molecular complexity index is 397. The Labute approximate surface area is 116 Å². The minimum absolute atomic E-state index is 0.314. The summed E-state index contributed by atoms with van der Waals surface area (Å²) >= 11 is 0. The van der Waals surface area contributed by atoms with Gasteiger partial charge in [0.1, 0.15) is 0 Å². The molecule has 0 aliphatic carbocycles. The van der Waals surface area contributed by atoms with E-state index in [9.17, 15) is 0 Å². The zero-order valence-corrected chi connectivity index (χ0v) is 12.0. The molecule has 0 spiro atoms. The van der Waals surface area contributed by atoms with E-state index >= 15 is 0 Å². The Morgan fingerprint density at radius 3 is 2.79 bits per heavy atom. The minimum Gasteiger partial charge on any atom is -0.374 e. The van der Waals surface area contributed by atoms with Gasteiger partial charge in [-0.15, -0.1) is 0 Å². The summed E-state index contributed by atoms with van der Waals surface area (Å²) in [6.45, 7) is 5.39. The van der Waals surface area contributed by atoms with Crippen molar-refractivity contribution in [2.45, 2.75) is 19.2 Å². The van der Waals surface area contributed by atoms with Crippen LogP contribution >= 0.6 is 0 Å². The summed E-state index contributed by atoms with van der Waals surface area (Å²) in [6, 6.07) is 8.39. The van der Waals surface area contributed by atoms with Gasteiger partial charge in [-0.3, -0.25) is 4.90 Å². The van der Waals surface area contributed by atoms with E-state index in [2.05, 4.69) is 42.1 Å². The van der Waals surface area contributed by atoms with Crippen LogP contribution in [0.1, 0.15) is 11.1 Å². The number of nitrogens with zero attached hydrogens (tertiary/aromatic N) is 2. The van der Waals surface area contributed by atoms with Crippen molar-refractivity contribution >= 4 is 0 Å². The standard InChI is InChI=1S/C15H25N3O/c1-17-7-8-19-15(11-17)12-18(2)10-14-6-4-3-5-13(14)9-16/h3-6,15H,7-12,16H2,1-2H3. The second-order valence-electron chi connectivity index (χ2n) is 5.42. The van der Waals surface area contributed by atoms with Crippen LogP contribution in [0.3, 0.4) is 0 Å². The predicted molar refractivity (Wildman–Crippen MR) is 77.9 cm³/mol. The van der Waals surface area contributed by atoms with E-state index in [0.29, 0.717) is 12.6 Å². The van der Waals surface area contributed by atoms with Crippen LogP contribution in [0.4, 0.5) is 0 Å². The van der Waals surface area contributed by atoms with E-state index < -0.39 is 0 Å². The van der Waals surface area contributed by atoms with Crippen LogP contribution in [0.2, 0.25) is 0 Å². The maximum atomic E-state index is 5.81. The molecule has 1 aromatic carbocycles. The van der Waals surface area contributed by atoms with Crippen molar-refractivity contribution in [3.8, 4) is 0 Å². The molecule has 0 saturated carbocycles. The van der Waals surface area contributed by atoms with E-state index in [0.717, 1.165) is 32.8 Å². The van der Waals surface area contributed by atoms with E-state index in [1.165, 1.54) is 11.1 Å². The molecule has 1 unspecified atom stereocenters. The molecule has 2 rings (SSSR count). The average molecular weight is 263 g/mol. The number of rotatable bonds is 5. The normalized spacial score (nSPS) is 20.9. The zero-order valence-electron chi connectivity index (χ0n) is 12.0. The highest BCUT2D eigenvalue weighted by molar-refractivity contribution is 5.26. The zero-order chi connectivity index (χ0) is 13.7. The number of nitrogens with two attached hydrogens (primary N) is 1. The van der Waals surface area contributed by atoms with Gasteiger partial charge in [0.25, 0.3) is 0 Å². The Balaban J connectivity index is 1.88. The SMILES string of the molecule is CN1CCOC(CN(C)Cc2ccccc2CN)C1. The molecule has 106 valence electrons. The summed E-state index contributed by atoms with van der Waals surface area (Å²) in [5.74, 6) is 0. The van der Waals surface area contributed by atoms with Crippen LogP contribution in [0.25, 0.3) is 0 Å². The van der Waals surface area contributed by atoms with Crippen LogP contribution in [0, 0.1) is 0 Å². The van der Waals surface area contributed by atoms with Gasteiger partial charge in [-0.2, -0.15) is 0 Å². The third kappa shape index (κ3) is 4.28. The van der Waals surface area contributed by atoms with Crippen molar-refractivity contribution in [1.82, 2.24) is 9.80 Å². The smallest absolute Gasteiger partial charge is 0.0829 e. The molecule has 1 aromatic rings. The first-order valence-corrected chi connectivity index (χ1v) is 6.94. The van der Waals surface area contributed by atoms with Crippen molar-refractivity contribution < 1.29 is 4.74 Å². The molecule has 4 heteroatoms. The quantitative estimate of drug-likeness (QED) is 0.857. The van der Waals surface area contributed by atoms with Crippen LogP contribution in [-0.2, 0) is 17.8 Å². The van der Waals surface area contributed by atoms with Crippen LogP contribution < -0.4 is 5.73 Å². The van der Waals surface area contributed by atoms with Crippen LogP contribution in [-0.4, -0.2) is 56.2 Å². The van der Waals surface area contributed by atoms with Crippen molar-refractivity contribution in [2.24, 2.45) is 5.73 Å². The van der Waals surface area contributed by atoms with Crippen molar-refractivity contribution in [1.29, 1.82) is 0 Å². The number of morpholine rings is 1. The fraction of sp³-hybridized carbons (Fsp3) is 0.600. The van der Waals surface area contributed by atoms with Gasteiger partial charge < -0.3 is 15.4 Å². The highest BCUT2D eigenvalue weighted by Crippen LogP contribution is 2.12. The lowest BCUT2D eigenvalue weighted by atomic mass is 10.1. The molecule has 1 fully saturated rings. The number of benzene rings is 1. The molecule has 4 nitrogen and oxygen atoms in total. The Hall–Kier alpha value is -0.940. The van der Waals surface area contributed by atoms with Gasteiger partial charge in [0, 0.05) is 32.7 Å². The Morgan fingerprint density at radius 2 is 2.11 bits per heavy atom. The lowest BCUT2D eigenvalue weighted by molar-refractivity contribution is -0.0333. The lowest BCUT2D eigenvalue weighted by Gasteiger charge is -2.32. The third-order valence-electron chi connectivity index (χ3n) is 3.64. The Morgan fingerprint density at radius 1 is 1.37 bits per heavy atom. The van der Waals surface area contributed by atoms with Crippen molar-refractivity contribution in [3.05, 3.63) is 35.4 Å². The van der Waals surface area contributed by atoms with Gasteiger partial charge in [-0.1, -0.05) is 24.3 Å². The third-order valence-corrected chi connectivity index (χ3v) is 3.64. The monoisotopic (exact) mass is 263 g/mol. The summed E-state index contributed by atoms with van der Waals surface area (Å²) in [5.41, 5.74) is 8.33.